The Morgan fingerprint density at radius 2 is 2.09 bits per heavy atom. The molecule has 1 aliphatic rings. The van der Waals surface area contributed by atoms with Crippen LogP contribution in [0.15, 0.2) is 42.9 Å². The molecule has 10 heteroatoms. The molecule has 0 radical (unpaired) electrons. The number of fused-ring (bicyclic) bond motifs is 1. The first-order valence-electron chi connectivity index (χ1n) is 11.6. The van der Waals surface area contributed by atoms with Crippen molar-refractivity contribution >= 4 is 45.0 Å². The SMILES string of the molecule is Cc1[nH]ncc1-c1cc2ncnc(N3CCN(C(=O)N[C@@H](C)c4cccc(Cl)c4)C(C)(C)C3)c2s1. The second kappa shape index (κ2) is 9.13. The quantitative estimate of drug-likeness (QED) is 0.383. The number of anilines is 1. The molecule has 8 nitrogen and oxygen atoms in total. The molecule has 5 rings (SSSR count). The van der Waals surface area contributed by atoms with Gasteiger partial charge in [0.25, 0.3) is 0 Å². The molecule has 0 spiro atoms. The van der Waals surface area contributed by atoms with Crippen LogP contribution in [0.1, 0.15) is 38.1 Å². The zero-order valence-corrected chi connectivity index (χ0v) is 21.7. The van der Waals surface area contributed by atoms with Gasteiger partial charge in [0.15, 0.2) is 0 Å². The smallest absolute Gasteiger partial charge is 0.318 e. The number of carbonyl (C=O) groups excluding carboxylic acids is 1. The van der Waals surface area contributed by atoms with Gasteiger partial charge in [0.1, 0.15) is 12.1 Å². The summed E-state index contributed by atoms with van der Waals surface area (Å²) in [5, 5.41) is 11.0. The third kappa shape index (κ3) is 4.58. The lowest BCUT2D eigenvalue weighted by molar-refractivity contribution is 0.121. The average Bonchev–Trinajstić information content (AvgIpc) is 3.43. The molecule has 3 aromatic heterocycles. The maximum atomic E-state index is 13.2. The second-order valence-corrected chi connectivity index (χ2v) is 11.0. The van der Waals surface area contributed by atoms with E-state index >= 15 is 0 Å². The Kier molecular flexibility index (Phi) is 6.14. The van der Waals surface area contributed by atoms with E-state index in [0.717, 1.165) is 37.7 Å². The number of piperazine rings is 1. The summed E-state index contributed by atoms with van der Waals surface area (Å²) in [5.41, 5.74) is 3.61. The highest BCUT2D eigenvalue weighted by molar-refractivity contribution is 7.22. The second-order valence-electron chi connectivity index (χ2n) is 9.54. The van der Waals surface area contributed by atoms with Crippen LogP contribution < -0.4 is 10.2 Å². The number of urea groups is 1. The summed E-state index contributed by atoms with van der Waals surface area (Å²) in [4.78, 5) is 27.7. The summed E-state index contributed by atoms with van der Waals surface area (Å²) in [6, 6.07) is 9.46. The number of carbonyl (C=O) groups is 1. The van der Waals surface area contributed by atoms with Crippen molar-refractivity contribution in [1.29, 1.82) is 0 Å². The Labute approximate surface area is 213 Å². The fraction of sp³-hybridized carbons (Fsp3) is 0.360. The number of hydrogen-bond donors (Lipinski definition) is 2. The summed E-state index contributed by atoms with van der Waals surface area (Å²) < 4.78 is 1.05. The predicted molar refractivity (Wildman–Crippen MR) is 141 cm³/mol. The predicted octanol–water partition coefficient (Wildman–Crippen LogP) is 5.41. The first-order chi connectivity index (χ1) is 16.7. The number of halogens is 1. The van der Waals surface area contributed by atoms with Gasteiger partial charge in [-0.3, -0.25) is 5.10 Å². The van der Waals surface area contributed by atoms with Gasteiger partial charge >= 0.3 is 6.03 Å². The van der Waals surface area contributed by atoms with E-state index < -0.39 is 5.54 Å². The van der Waals surface area contributed by atoms with Crippen LogP contribution in [0.2, 0.25) is 5.02 Å². The van der Waals surface area contributed by atoms with Crippen LogP contribution in [0.5, 0.6) is 0 Å². The van der Waals surface area contributed by atoms with Crippen molar-refractivity contribution in [3.63, 3.8) is 0 Å². The van der Waals surface area contributed by atoms with Crippen molar-refractivity contribution in [2.45, 2.75) is 39.3 Å². The molecule has 182 valence electrons. The lowest BCUT2D eigenvalue weighted by atomic mass is 9.99. The van der Waals surface area contributed by atoms with Gasteiger partial charge in [-0.25, -0.2) is 14.8 Å². The van der Waals surface area contributed by atoms with Crippen molar-refractivity contribution < 1.29 is 4.79 Å². The molecule has 1 saturated heterocycles. The van der Waals surface area contributed by atoms with Crippen LogP contribution in [0.25, 0.3) is 20.7 Å². The third-order valence-corrected chi connectivity index (χ3v) is 7.91. The van der Waals surface area contributed by atoms with Gasteiger partial charge in [0.05, 0.1) is 28.0 Å². The molecule has 2 N–H and O–H groups in total. The first-order valence-corrected chi connectivity index (χ1v) is 12.8. The Hall–Kier alpha value is -3.17. The van der Waals surface area contributed by atoms with Crippen LogP contribution in [-0.4, -0.2) is 56.3 Å². The lowest BCUT2D eigenvalue weighted by Gasteiger charge is -2.47. The number of hydrogen-bond acceptors (Lipinski definition) is 6. The average molecular weight is 510 g/mol. The van der Waals surface area contributed by atoms with E-state index in [1.807, 2.05) is 49.2 Å². The van der Waals surface area contributed by atoms with Crippen LogP contribution in [0.3, 0.4) is 0 Å². The molecule has 4 heterocycles. The molecular formula is C25H28ClN7OS. The molecule has 4 aromatic rings. The Morgan fingerprint density at radius 3 is 2.80 bits per heavy atom. The van der Waals surface area contributed by atoms with Crippen LogP contribution >= 0.6 is 22.9 Å². The topological polar surface area (TPSA) is 90.0 Å². The number of nitrogens with zero attached hydrogens (tertiary/aromatic N) is 5. The van der Waals surface area contributed by atoms with Gasteiger partial charge in [0, 0.05) is 40.8 Å². The number of aryl methyl sites for hydroxylation is 1. The minimum atomic E-state index is -0.394. The maximum absolute atomic E-state index is 13.2. The zero-order chi connectivity index (χ0) is 24.7. The van der Waals surface area contributed by atoms with Crippen LogP contribution in [0.4, 0.5) is 10.6 Å². The van der Waals surface area contributed by atoms with Gasteiger partial charge in [-0.15, -0.1) is 11.3 Å². The molecule has 1 atom stereocenters. The molecule has 1 aliphatic heterocycles. The fourth-order valence-corrected chi connectivity index (χ4v) is 6.03. The summed E-state index contributed by atoms with van der Waals surface area (Å²) in [7, 11) is 0. The van der Waals surface area contributed by atoms with Crippen molar-refractivity contribution in [1.82, 2.24) is 30.4 Å². The van der Waals surface area contributed by atoms with E-state index in [4.69, 9.17) is 11.6 Å². The largest absolute Gasteiger partial charge is 0.351 e. The molecule has 2 amide bonds. The minimum Gasteiger partial charge on any atom is -0.351 e. The molecule has 1 fully saturated rings. The van der Waals surface area contributed by atoms with Crippen LogP contribution in [0, 0.1) is 6.92 Å². The number of benzene rings is 1. The van der Waals surface area contributed by atoms with Crippen molar-refractivity contribution in [3.8, 4) is 10.4 Å². The van der Waals surface area contributed by atoms with Crippen molar-refractivity contribution in [2.24, 2.45) is 0 Å². The molecule has 0 unspecified atom stereocenters. The van der Waals surface area contributed by atoms with E-state index in [-0.39, 0.29) is 12.1 Å². The third-order valence-electron chi connectivity index (χ3n) is 6.52. The minimum absolute atomic E-state index is 0.0798. The number of aromatic amines is 1. The van der Waals surface area contributed by atoms with E-state index in [9.17, 15) is 4.79 Å². The van der Waals surface area contributed by atoms with Gasteiger partial charge in [0.2, 0.25) is 0 Å². The molecule has 0 saturated carbocycles. The summed E-state index contributed by atoms with van der Waals surface area (Å²) in [6.07, 6.45) is 3.47. The van der Waals surface area contributed by atoms with E-state index in [1.54, 1.807) is 17.7 Å². The molecule has 35 heavy (non-hydrogen) atoms. The summed E-state index contributed by atoms with van der Waals surface area (Å²) in [5.74, 6) is 0.910. The normalized spacial score (nSPS) is 16.5. The van der Waals surface area contributed by atoms with E-state index in [0.29, 0.717) is 24.7 Å². The number of aromatic nitrogens is 4. The number of nitrogens with one attached hydrogen (secondary N) is 2. The zero-order valence-electron chi connectivity index (χ0n) is 20.2. The summed E-state index contributed by atoms with van der Waals surface area (Å²) >= 11 is 7.80. The highest BCUT2D eigenvalue weighted by atomic mass is 35.5. The Bertz CT molecular complexity index is 1380. The van der Waals surface area contributed by atoms with Gasteiger partial charge in [-0.1, -0.05) is 23.7 Å². The van der Waals surface area contributed by atoms with E-state index in [1.165, 1.54) is 0 Å². The molecular weight excluding hydrogens is 482 g/mol. The number of H-pyrrole nitrogens is 1. The standard InChI is InChI=1S/C25H28ClN7OS/c1-15(17-6-5-7-18(26)10-17)30-24(34)33-9-8-32(13-25(33,3)4)23-22-20(27-14-28-23)11-21(35-22)19-12-29-31-16(19)2/h5-7,10-12,14-15H,8-9,13H2,1-4H3,(H,29,31)(H,30,34)/t15-/m0/s1. The number of thiophene rings is 1. The lowest BCUT2D eigenvalue weighted by Crippen LogP contribution is -2.63. The first kappa shape index (κ1) is 23.6. The molecule has 0 aliphatic carbocycles. The van der Waals surface area contributed by atoms with Gasteiger partial charge < -0.3 is 15.1 Å². The van der Waals surface area contributed by atoms with Gasteiger partial charge in [-0.05, 0) is 51.5 Å². The highest BCUT2D eigenvalue weighted by Gasteiger charge is 2.38. The number of amides is 2. The van der Waals surface area contributed by atoms with Crippen LogP contribution in [-0.2, 0) is 0 Å². The fourth-order valence-electron chi connectivity index (χ4n) is 4.63. The molecule has 1 aromatic carbocycles. The highest BCUT2D eigenvalue weighted by Crippen LogP contribution is 2.38. The molecule has 0 bridgehead atoms. The number of rotatable bonds is 4. The Balaban J connectivity index is 1.34. The summed E-state index contributed by atoms with van der Waals surface area (Å²) in [6.45, 7) is 10.1. The van der Waals surface area contributed by atoms with E-state index in [2.05, 4.69) is 50.3 Å². The van der Waals surface area contributed by atoms with Gasteiger partial charge in [-0.2, -0.15) is 5.10 Å². The monoisotopic (exact) mass is 509 g/mol. The van der Waals surface area contributed by atoms with Crippen molar-refractivity contribution in [3.05, 3.63) is 59.1 Å². The van der Waals surface area contributed by atoms with Crippen molar-refractivity contribution in [2.75, 3.05) is 24.5 Å². The Morgan fingerprint density at radius 1 is 1.26 bits per heavy atom. The maximum Gasteiger partial charge on any atom is 0.318 e.